The minimum atomic E-state index is 0.0569. The molecule has 0 aromatic carbocycles. The highest BCUT2D eigenvalue weighted by Crippen LogP contribution is 2.19. The molecule has 1 aromatic rings. The standard InChI is InChI=1S/C12H20N2O2/c1-3-15-10(2)12-13-6-7-14(12)9-11-5-4-8-16-11/h6-7,10-11H,3-5,8-9H2,1-2H3. The minimum Gasteiger partial charge on any atom is -0.376 e. The van der Waals surface area contributed by atoms with Gasteiger partial charge >= 0.3 is 0 Å². The lowest BCUT2D eigenvalue weighted by atomic mass is 10.2. The molecule has 2 atom stereocenters. The second-order valence-corrected chi connectivity index (χ2v) is 4.17. The molecule has 1 saturated heterocycles. The van der Waals surface area contributed by atoms with Crippen LogP contribution >= 0.6 is 0 Å². The van der Waals surface area contributed by atoms with Crippen LogP contribution in [-0.4, -0.2) is 28.9 Å². The lowest BCUT2D eigenvalue weighted by Gasteiger charge is -2.16. The summed E-state index contributed by atoms with van der Waals surface area (Å²) in [4.78, 5) is 4.36. The molecule has 2 unspecified atom stereocenters. The average Bonchev–Trinajstić information content (AvgIpc) is 2.90. The molecule has 2 rings (SSSR count). The number of nitrogens with zero attached hydrogens (tertiary/aromatic N) is 2. The van der Waals surface area contributed by atoms with Gasteiger partial charge in [0.1, 0.15) is 11.9 Å². The fraction of sp³-hybridized carbons (Fsp3) is 0.750. The summed E-state index contributed by atoms with van der Waals surface area (Å²) in [6.45, 7) is 6.55. The van der Waals surface area contributed by atoms with Gasteiger partial charge in [0.15, 0.2) is 0 Å². The molecule has 0 saturated carbocycles. The highest BCUT2D eigenvalue weighted by atomic mass is 16.5. The van der Waals surface area contributed by atoms with Gasteiger partial charge in [-0.2, -0.15) is 0 Å². The maximum Gasteiger partial charge on any atom is 0.137 e. The molecule has 0 bridgehead atoms. The number of rotatable bonds is 5. The Hall–Kier alpha value is -0.870. The van der Waals surface area contributed by atoms with Crippen LogP contribution in [0.15, 0.2) is 12.4 Å². The molecule has 0 radical (unpaired) electrons. The van der Waals surface area contributed by atoms with Gasteiger partial charge in [-0.25, -0.2) is 4.98 Å². The third-order valence-corrected chi connectivity index (χ3v) is 2.95. The van der Waals surface area contributed by atoms with Crippen molar-refractivity contribution >= 4 is 0 Å². The monoisotopic (exact) mass is 224 g/mol. The van der Waals surface area contributed by atoms with Gasteiger partial charge in [-0.05, 0) is 26.7 Å². The normalized spacial score (nSPS) is 22.5. The van der Waals surface area contributed by atoms with E-state index < -0.39 is 0 Å². The van der Waals surface area contributed by atoms with Crippen LogP contribution in [0.2, 0.25) is 0 Å². The third-order valence-electron chi connectivity index (χ3n) is 2.95. The molecule has 1 aliphatic heterocycles. The number of ether oxygens (including phenoxy) is 2. The predicted octanol–water partition coefficient (Wildman–Crippen LogP) is 2.16. The first-order chi connectivity index (χ1) is 7.81. The number of hydrogen-bond donors (Lipinski definition) is 0. The summed E-state index contributed by atoms with van der Waals surface area (Å²) in [5, 5.41) is 0. The molecule has 0 amide bonds. The molecular formula is C12H20N2O2. The van der Waals surface area contributed by atoms with Crippen molar-refractivity contribution in [1.29, 1.82) is 0 Å². The SMILES string of the molecule is CCOC(C)c1nccn1CC1CCCO1. The molecule has 90 valence electrons. The summed E-state index contributed by atoms with van der Waals surface area (Å²) < 4.78 is 13.3. The van der Waals surface area contributed by atoms with Crippen molar-refractivity contribution in [2.75, 3.05) is 13.2 Å². The molecule has 1 fully saturated rings. The van der Waals surface area contributed by atoms with Crippen molar-refractivity contribution in [2.45, 2.75) is 45.4 Å². The summed E-state index contributed by atoms with van der Waals surface area (Å²) >= 11 is 0. The van der Waals surface area contributed by atoms with Crippen LogP contribution in [0.1, 0.15) is 38.6 Å². The Balaban J connectivity index is 2.00. The maximum atomic E-state index is 5.63. The van der Waals surface area contributed by atoms with Crippen LogP contribution in [0.4, 0.5) is 0 Å². The van der Waals surface area contributed by atoms with Crippen LogP contribution in [0.3, 0.4) is 0 Å². The Labute approximate surface area is 96.6 Å². The third kappa shape index (κ3) is 2.62. The molecule has 0 N–H and O–H groups in total. The lowest BCUT2D eigenvalue weighted by Crippen LogP contribution is -2.18. The van der Waals surface area contributed by atoms with Crippen LogP contribution in [0.5, 0.6) is 0 Å². The van der Waals surface area contributed by atoms with Gasteiger partial charge in [0, 0.05) is 25.6 Å². The number of aromatic nitrogens is 2. The van der Waals surface area contributed by atoms with E-state index in [0.29, 0.717) is 12.7 Å². The first-order valence-corrected chi connectivity index (χ1v) is 6.05. The Morgan fingerprint density at radius 2 is 2.56 bits per heavy atom. The van der Waals surface area contributed by atoms with E-state index in [4.69, 9.17) is 9.47 Å². The van der Waals surface area contributed by atoms with E-state index in [0.717, 1.165) is 25.4 Å². The average molecular weight is 224 g/mol. The maximum absolute atomic E-state index is 5.63. The zero-order chi connectivity index (χ0) is 11.4. The summed E-state index contributed by atoms with van der Waals surface area (Å²) in [6, 6.07) is 0. The first kappa shape index (κ1) is 11.6. The molecule has 1 aliphatic rings. The van der Waals surface area contributed by atoms with Gasteiger partial charge in [-0.3, -0.25) is 0 Å². The number of imidazole rings is 1. The molecule has 4 heteroatoms. The fourth-order valence-corrected chi connectivity index (χ4v) is 2.17. The molecule has 2 heterocycles. The van der Waals surface area contributed by atoms with Crippen molar-refractivity contribution in [2.24, 2.45) is 0 Å². The Morgan fingerprint density at radius 1 is 1.69 bits per heavy atom. The van der Waals surface area contributed by atoms with E-state index in [-0.39, 0.29) is 6.10 Å². The Kier molecular flexibility index (Phi) is 3.96. The quantitative estimate of drug-likeness (QED) is 0.769. The summed E-state index contributed by atoms with van der Waals surface area (Å²) in [5.41, 5.74) is 0. The minimum absolute atomic E-state index is 0.0569. The lowest BCUT2D eigenvalue weighted by molar-refractivity contribution is 0.0609. The number of hydrogen-bond acceptors (Lipinski definition) is 3. The molecule has 1 aromatic heterocycles. The van der Waals surface area contributed by atoms with Gasteiger partial charge < -0.3 is 14.0 Å². The Bertz CT molecular complexity index is 319. The van der Waals surface area contributed by atoms with Crippen molar-refractivity contribution in [1.82, 2.24) is 9.55 Å². The highest BCUT2D eigenvalue weighted by molar-refractivity contribution is 4.96. The summed E-state index contributed by atoms with van der Waals surface area (Å²) in [6.07, 6.45) is 6.58. The first-order valence-electron chi connectivity index (χ1n) is 6.05. The van der Waals surface area contributed by atoms with Crippen molar-refractivity contribution < 1.29 is 9.47 Å². The van der Waals surface area contributed by atoms with E-state index in [2.05, 4.69) is 9.55 Å². The molecular weight excluding hydrogens is 204 g/mol. The second-order valence-electron chi connectivity index (χ2n) is 4.17. The smallest absolute Gasteiger partial charge is 0.137 e. The molecule has 4 nitrogen and oxygen atoms in total. The van der Waals surface area contributed by atoms with Crippen molar-refractivity contribution in [3.05, 3.63) is 18.2 Å². The van der Waals surface area contributed by atoms with E-state index in [1.165, 1.54) is 6.42 Å². The molecule has 16 heavy (non-hydrogen) atoms. The van der Waals surface area contributed by atoms with Crippen LogP contribution in [-0.2, 0) is 16.0 Å². The Morgan fingerprint density at radius 3 is 3.25 bits per heavy atom. The zero-order valence-corrected chi connectivity index (χ0v) is 10.1. The van der Waals surface area contributed by atoms with Crippen LogP contribution in [0, 0.1) is 0 Å². The zero-order valence-electron chi connectivity index (χ0n) is 10.1. The predicted molar refractivity (Wildman–Crippen MR) is 61.2 cm³/mol. The largest absolute Gasteiger partial charge is 0.376 e. The van der Waals surface area contributed by atoms with Crippen molar-refractivity contribution in [3.63, 3.8) is 0 Å². The van der Waals surface area contributed by atoms with Crippen LogP contribution in [0.25, 0.3) is 0 Å². The van der Waals surface area contributed by atoms with E-state index >= 15 is 0 Å². The van der Waals surface area contributed by atoms with Gasteiger partial charge in [0.05, 0.1) is 12.6 Å². The molecule has 0 spiro atoms. The van der Waals surface area contributed by atoms with Gasteiger partial charge in [0.2, 0.25) is 0 Å². The van der Waals surface area contributed by atoms with E-state index in [1.54, 1.807) is 0 Å². The topological polar surface area (TPSA) is 36.3 Å². The molecule has 0 aliphatic carbocycles. The van der Waals surface area contributed by atoms with Crippen molar-refractivity contribution in [3.8, 4) is 0 Å². The van der Waals surface area contributed by atoms with Gasteiger partial charge in [-0.15, -0.1) is 0 Å². The highest BCUT2D eigenvalue weighted by Gasteiger charge is 2.19. The van der Waals surface area contributed by atoms with Gasteiger partial charge in [0.25, 0.3) is 0 Å². The van der Waals surface area contributed by atoms with E-state index in [9.17, 15) is 0 Å². The fourth-order valence-electron chi connectivity index (χ4n) is 2.17. The van der Waals surface area contributed by atoms with Crippen LogP contribution < -0.4 is 0 Å². The van der Waals surface area contributed by atoms with Gasteiger partial charge in [-0.1, -0.05) is 0 Å². The summed E-state index contributed by atoms with van der Waals surface area (Å²) in [5.74, 6) is 0.998. The van der Waals surface area contributed by atoms with E-state index in [1.807, 2.05) is 26.2 Å². The summed E-state index contributed by atoms with van der Waals surface area (Å²) in [7, 11) is 0. The second kappa shape index (κ2) is 5.46.